The van der Waals surface area contributed by atoms with Crippen LogP contribution in [0.5, 0.6) is 0 Å². The Labute approximate surface area is 157 Å². The monoisotopic (exact) mass is 394 g/mol. The van der Waals surface area contributed by atoms with Gasteiger partial charge in [0.15, 0.2) is 16.7 Å². The van der Waals surface area contributed by atoms with Crippen molar-refractivity contribution in [2.45, 2.75) is 24.6 Å². The number of amides is 2. The van der Waals surface area contributed by atoms with Crippen LogP contribution in [0.3, 0.4) is 0 Å². The van der Waals surface area contributed by atoms with Crippen LogP contribution in [-0.4, -0.2) is 72.9 Å². The van der Waals surface area contributed by atoms with Gasteiger partial charge in [0.1, 0.15) is 11.6 Å². The first kappa shape index (κ1) is 19.3. The van der Waals surface area contributed by atoms with Gasteiger partial charge in [-0.05, 0) is 19.1 Å². The molecule has 0 saturated carbocycles. The first-order chi connectivity index (χ1) is 12.7. The SMILES string of the molecule is C[C@H](C(=O)N(C)C)S(=O)(=O)N1CCNC(=O)[C@@H]1Cc1nc2ccccc2o1. The fourth-order valence-electron chi connectivity index (χ4n) is 3.06. The van der Waals surface area contributed by atoms with Crippen LogP contribution in [0.25, 0.3) is 11.1 Å². The molecule has 0 bridgehead atoms. The van der Waals surface area contributed by atoms with Crippen LogP contribution in [0.15, 0.2) is 28.7 Å². The zero-order valence-corrected chi connectivity index (χ0v) is 16.2. The standard InChI is InChI=1S/C17H22N4O5S/c1-11(17(23)20(2)3)27(24,25)21-9-8-18-16(22)13(21)10-15-19-12-6-4-5-7-14(12)26-15/h4-7,11,13H,8-10H2,1-3H3,(H,18,22)/t11-,13+/m1/s1. The van der Waals surface area contributed by atoms with Crippen molar-refractivity contribution in [1.29, 1.82) is 0 Å². The van der Waals surface area contributed by atoms with Gasteiger partial charge in [-0.1, -0.05) is 12.1 Å². The zero-order chi connectivity index (χ0) is 19.8. The lowest BCUT2D eigenvalue weighted by Crippen LogP contribution is -2.60. The molecule has 1 aliphatic heterocycles. The number of carbonyl (C=O) groups excluding carboxylic acids is 2. The number of rotatable bonds is 5. The minimum Gasteiger partial charge on any atom is -0.441 e. The van der Waals surface area contributed by atoms with E-state index in [4.69, 9.17) is 4.42 Å². The topological polar surface area (TPSA) is 113 Å². The lowest BCUT2D eigenvalue weighted by molar-refractivity contribution is -0.129. The smallest absolute Gasteiger partial charge is 0.241 e. The van der Waals surface area contributed by atoms with Crippen molar-refractivity contribution in [2.75, 3.05) is 27.2 Å². The summed E-state index contributed by atoms with van der Waals surface area (Å²) in [6, 6.07) is 6.12. The van der Waals surface area contributed by atoms with E-state index < -0.39 is 33.1 Å². The molecular formula is C17H22N4O5S. The number of hydrogen-bond donors (Lipinski definition) is 1. The third kappa shape index (κ3) is 3.67. The fourth-order valence-corrected chi connectivity index (χ4v) is 4.80. The summed E-state index contributed by atoms with van der Waals surface area (Å²) in [4.78, 5) is 30.1. The summed E-state index contributed by atoms with van der Waals surface area (Å²) >= 11 is 0. The Morgan fingerprint density at radius 2 is 2.11 bits per heavy atom. The molecule has 2 amide bonds. The van der Waals surface area contributed by atoms with Crippen molar-refractivity contribution >= 4 is 32.9 Å². The van der Waals surface area contributed by atoms with Gasteiger partial charge in [-0.2, -0.15) is 4.31 Å². The van der Waals surface area contributed by atoms with Crippen molar-refractivity contribution in [3.05, 3.63) is 30.2 Å². The normalized spacial score (nSPS) is 19.7. The minimum absolute atomic E-state index is 0.0113. The number of carbonyl (C=O) groups is 2. The second-order valence-corrected chi connectivity index (χ2v) is 8.82. The van der Waals surface area contributed by atoms with Crippen molar-refractivity contribution < 1.29 is 22.4 Å². The molecule has 3 rings (SSSR count). The van der Waals surface area contributed by atoms with Gasteiger partial charge in [0, 0.05) is 33.6 Å². The molecule has 2 aromatic rings. The molecule has 10 heteroatoms. The Hall–Kier alpha value is -2.46. The van der Waals surface area contributed by atoms with Crippen LogP contribution < -0.4 is 5.32 Å². The van der Waals surface area contributed by atoms with Crippen LogP contribution in [0, 0.1) is 0 Å². The van der Waals surface area contributed by atoms with Gasteiger partial charge >= 0.3 is 0 Å². The van der Waals surface area contributed by atoms with E-state index in [1.54, 1.807) is 18.2 Å². The van der Waals surface area contributed by atoms with Gasteiger partial charge in [0.05, 0.1) is 0 Å². The lowest BCUT2D eigenvalue weighted by Gasteiger charge is -2.35. The number of oxazole rings is 1. The van der Waals surface area contributed by atoms with Crippen molar-refractivity contribution in [3.63, 3.8) is 0 Å². The van der Waals surface area contributed by atoms with E-state index in [2.05, 4.69) is 10.3 Å². The molecule has 2 heterocycles. The van der Waals surface area contributed by atoms with E-state index in [0.717, 1.165) is 4.31 Å². The number of aromatic nitrogens is 1. The first-order valence-electron chi connectivity index (χ1n) is 8.56. The summed E-state index contributed by atoms with van der Waals surface area (Å²) in [6.45, 7) is 1.61. The van der Waals surface area contributed by atoms with Crippen molar-refractivity contribution in [2.24, 2.45) is 0 Å². The molecule has 146 valence electrons. The van der Waals surface area contributed by atoms with E-state index in [0.29, 0.717) is 11.1 Å². The molecule has 0 radical (unpaired) electrons. The number of benzene rings is 1. The Morgan fingerprint density at radius 3 is 2.78 bits per heavy atom. The molecule has 1 fully saturated rings. The minimum atomic E-state index is -4.03. The zero-order valence-electron chi connectivity index (χ0n) is 15.4. The van der Waals surface area contributed by atoms with Crippen LogP contribution in [0.1, 0.15) is 12.8 Å². The van der Waals surface area contributed by atoms with Crippen molar-refractivity contribution in [3.8, 4) is 0 Å². The number of sulfonamides is 1. The molecule has 1 saturated heterocycles. The molecule has 1 aliphatic rings. The van der Waals surface area contributed by atoms with E-state index in [9.17, 15) is 18.0 Å². The highest BCUT2D eigenvalue weighted by atomic mass is 32.2. The van der Waals surface area contributed by atoms with Gasteiger partial charge in [0.25, 0.3) is 0 Å². The molecule has 0 aliphatic carbocycles. The number of hydrogen-bond acceptors (Lipinski definition) is 6. The summed E-state index contributed by atoms with van der Waals surface area (Å²) in [7, 11) is -1.04. The molecule has 0 unspecified atom stereocenters. The van der Waals surface area contributed by atoms with Gasteiger partial charge in [-0.15, -0.1) is 0 Å². The Morgan fingerprint density at radius 1 is 1.41 bits per heavy atom. The summed E-state index contributed by atoms with van der Waals surface area (Å²) in [5.74, 6) is -0.705. The Bertz CT molecular complexity index is 936. The van der Waals surface area contributed by atoms with Crippen LogP contribution in [0.4, 0.5) is 0 Å². The molecule has 0 spiro atoms. The Balaban J connectivity index is 1.91. The largest absolute Gasteiger partial charge is 0.441 e. The summed E-state index contributed by atoms with van der Waals surface area (Å²) < 4.78 is 32.7. The van der Waals surface area contributed by atoms with E-state index in [1.807, 2.05) is 6.07 Å². The third-order valence-electron chi connectivity index (χ3n) is 4.55. The Kier molecular flexibility index (Phi) is 5.20. The highest BCUT2D eigenvalue weighted by molar-refractivity contribution is 7.90. The van der Waals surface area contributed by atoms with Gasteiger partial charge in [-0.25, -0.2) is 13.4 Å². The van der Waals surface area contributed by atoms with Crippen LogP contribution in [-0.2, 0) is 26.0 Å². The fraction of sp³-hybridized carbons (Fsp3) is 0.471. The molecule has 27 heavy (non-hydrogen) atoms. The second kappa shape index (κ2) is 7.28. The predicted octanol–water partition coefficient (Wildman–Crippen LogP) is -0.0228. The average molecular weight is 394 g/mol. The van der Waals surface area contributed by atoms with Gasteiger partial charge in [-0.3, -0.25) is 9.59 Å². The number of fused-ring (bicyclic) bond motifs is 1. The number of para-hydroxylation sites is 2. The van der Waals surface area contributed by atoms with E-state index in [-0.39, 0.29) is 25.4 Å². The molecule has 1 N–H and O–H groups in total. The maximum Gasteiger partial charge on any atom is 0.241 e. The number of nitrogens with one attached hydrogen (secondary N) is 1. The van der Waals surface area contributed by atoms with Gasteiger partial charge in [0.2, 0.25) is 21.8 Å². The molecule has 2 atom stereocenters. The second-order valence-electron chi connectivity index (χ2n) is 6.62. The summed E-state index contributed by atoms with van der Waals surface area (Å²) in [5.41, 5.74) is 1.20. The third-order valence-corrected chi connectivity index (χ3v) is 6.74. The highest BCUT2D eigenvalue weighted by Crippen LogP contribution is 2.22. The summed E-state index contributed by atoms with van der Waals surface area (Å²) in [6.07, 6.45) is -0.0113. The maximum absolute atomic E-state index is 13.0. The molecule has 1 aromatic carbocycles. The molecular weight excluding hydrogens is 372 g/mol. The lowest BCUT2D eigenvalue weighted by atomic mass is 10.1. The van der Waals surface area contributed by atoms with Crippen LogP contribution in [0.2, 0.25) is 0 Å². The summed E-state index contributed by atoms with van der Waals surface area (Å²) in [5, 5.41) is 1.38. The first-order valence-corrected chi connectivity index (χ1v) is 10.1. The average Bonchev–Trinajstić information content (AvgIpc) is 3.04. The van der Waals surface area contributed by atoms with Gasteiger partial charge < -0.3 is 14.6 Å². The number of piperazine rings is 1. The van der Waals surface area contributed by atoms with E-state index >= 15 is 0 Å². The van der Waals surface area contributed by atoms with E-state index in [1.165, 1.54) is 25.9 Å². The predicted molar refractivity (Wildman–Crippen MR) is 98.3 cm³/mol. The van der Waals surface area contributed by atoms with Crippen LogP contribution >= 0.6 is 0 Å². The molecule has 9 nitrogen and oxygen atoms in total. The maximum atomic E-state index is 13.0. The highest BCUT2D eigenvalue weighted by Gasteiger charge is 2.43. The van der Waals surface area contributed by atoms with Crippen molar-refractivity contribution in [1.82, 2.24) is 19.5 Å². The quantitative estimate of drug-likeness (QED) is 0.762. The molecule has 1 aromatic heterocycles. The number of nitrogens with zero attached hydrogens (tertiary/aromatic N) is 3.